The molecular weight excluding hydrogens is 350 g/mol. The van der Waals surface area contributed by atoms with Crippen molar-refractivity contribution in [1.82, 2.24) is 14.8 Å². The van der Waals surface area contributed by atoms with Crippen LogP contribution in [0.1, 0.15) is 43.7 Å². The molecule has 1 atom stereocenters. The van der Waals surface area contributed by atoms with E-state index in [1.807, 2.05) is 6.07 Å². The molecule has 1 aromatic carbocycles. The molecule has 142 valence electrons. The smallest absolute Gasteiger partial charge is 0.344 e. The molecule has 0 radical (unpaired) electrons. The van der Waals surface area contributed by atoms with Crippen LogP contribution in [0.2, 0.25) is 0 Å². The molecule has 1 unspecified atom stereocenters. The molecule has 3 rings (SSSR count). The van der Waals surface area contributed by atoms with Gasteiger partial charge in [0.05, 0.1) is 19.3 Å². The Morgan fingerprint density at radius 1 is 1.46 bits per heavy atom. The molecular formula is C19H27N3O3S. The van der Waals surface area contributed by atoms with Crippen molar-refractivity contribution in [2.75, 3.05) is 19.0 Å². The van der Waals surface area contributed by atoms with E-state index in [1.165, 1.54) is 22.9 Å². The number of benzene rings is 1. The molecule has 1 N–H and O–H groups in total. The zero-order chi connectivity index (χ0) is 18.5. The van der Waals surface area contributed by atoms with Crippen LogP contribution in [0.4, 0.5) is 0 Å². The van der Waals surface area contributed by atoms with Crippen LogP contribution in [0, 0.1) is 6.92 Å². The Bertz CT molecular complexity index is 779. The molecule has 6 nitrogen and oxygen atoms in total. The highest BCUT2D eigenvalue weighted by molar-refractivity contribution is 7.99. The molecule has 2 heterocycles. The number of hydrogen-bond acceptors (Lipinski definition) is 5. The Balaban J connectivity index is 1.51. The summed E-state index contributed by atoms with van der Waals surface area (Å²) >= 11 is 1.52. The van der Waals surface area contributed by atoms with Crippen LogP contribution in [0.25, 0.3) is 0 Å². The molecule has 7 heteroatoms. The third-order valence-corrected chi connectivity index (χ3v) is 5.52. The molecule has 1 aromatic heterocycles. The van der Waals surface area contributed by atoms with E-state index in [0.29, 0.717) is 24.2 Å². The number of nitrogens with one attached hydrogen (secondary N) is 1. The van der Waals surface area contributed by atoms with Crippen LogP contribution in [0.15, 0.2) is 28.2 Å². The van der Waals surface area contributed by atoms with E-state index in [1.54, 1.807) is 4.57 Å². The molecule has 0 aliphatic carbocycles. The van der Waals surface area contributed by atoms with Crippen LogP contribution < -0.4 is 10.4 Å². The summed E-state index contributed by atoms with van der Waals surface area (Å²) in [5.41, 5.74) is 2.42. The van der Waals surface area contributed by atoms with Gasteiger partial charge in [-0.1, -0.05) is 31.7 Å². The van der Waals surface area contributed by atoms with Crippen molar-refractivity contribution >= 4 is 11.8 Å². The van der Waals surface area contributed by atoms with Crippen LogP contribution >= 0.6 is 11.8 Å². The Hall–Kier alpha value is -1.73. The van der Waals surface area contributed by atoms with Crippen LogP contribution in [0.3, 0.4) is 0 Å². The fourth-order valence-corrected chi connectivity index (χ4v) is 4.02. The first-order valence-electron chi connectivity index (χ1n) is 9.17. The largest absolute Gasteiger partial charge is 0.493 e. The first-order chi connectivity index (χ1) is 12.5. The fourth-order valence-electron chi connectivity index (χ4n) is 3.24. The lowest BCUT2D eigenvalue weighted by atomic mass is 9.98. The van der Waals surface area contributed by atoms with Gasteiger partial charge in [-0.2, -0.15) is 0 Å². The summed E-state index contributed by atoms with van der Waals surface area (Å²) < 4.78 is 13.1. The number of hydrogen-bond donors (Lipinski definition) is 1. The molecule has 0 bridgehead atoms. The van der Waals surface area contributed by atoms with Crippen molar-refractivity contribution in [2.24, 2.45) is 0 Å². The molecule has 1 saturated heterocycles. The molecule has 26 heavy (non-hydrogen) atoms. The lowest BCUT2D eigenvalue weighted by Gasteiger charge is -2.13. The summed E-state index contributed by atoms with van der Waals surface area (Å²) in [6.45, 7) is 8.41. The highest BCUT2D eigenvalue weighted by Crippen LogP contribution is 2.24. The molecule has 0 saturated carbocycles. The van der Waals surface area contributed by atoms with Crippen LogP contribution in [-0.4, -0.2) is 39.8 Å². The van der Waals surface area contributed by atoms with Crippen LogP contribution in [-0.2, 0) is 11.3 Å². The maximum Gasteiger partial charge on any atom is 0.344 e. The van der Waals surface area contributed by atoms with Crippen molar-refractivity contribution in [3.05, 3.63) is 39.8 Å². The number of rotatable bonds is 8. The molecule has 0 spiro atoms. The fraction of sp³-hybridized carbons (Fsp3) is 0.579. The molecule has 1 aliphatic heterocycles. The molecule has 0 amide bonds. The maximum absolute atomic E-state index is 12.0. The monoisotopic (exact) mass is 377 g/mol. The minimum atomic E-state index is -0.177. The number of nitrogens with zero attached hydrogens (tertiary/aromatic N) is 2. The Kier molecular flexibility index (Phi) is 6.43. The Morgan fingerprint density at radius 3 is 3.00 bits per heavy atom. The minimum Gasteiger partial charge on any atom is -0.493 e. The van der Waals surface area contributed by atoms with Gasteiger partial charge < -0.3 is 9.47 Å². The van der Waals surface area contributed by atoms with E-state index in [4.69, 9.17) is 9.47 Å². The highest BCUT2D eigenvalue weighted by Gasteiger charge is 2.19. The predicted molar refractivity (Wildman–Crippen MR) is 103 cm³/mol. The standard InChI is InChI=1S/C19H27N3O3S/c1-13(2)17-7-6-15(11-14(17)3)25-9-10-26-19-21-20-18(23)22(19)12-16-5-4-8-24-16/h6-7,11,13,16H,4-5,8-10,12H2,1-3H3,(H,20,23). The van der Waals surface area contributed by atoms with E-state index in [2.05, 4.69) is 43.1 Å². The number of aryl methyl sites for hydroxylation is 1. The predicted octanol–water partition coefficient (Wildman–Crippen LogP) is 3.35. The lowest BCUT2D eigenvalue weighted by molar-refractivity contribution is 0.0941. The summed E-state index contributed by atoms with van der Waals surface area (Å²) in [5.74, 6) is 2.12. The highest BCUT2D eigenvalue weighted by atomic mass is 32.2. The van der Waals surface area contributed by atoms with Gasteiger partial charge in [0.2, 0.25) is 0 Å². The number of aromatic amines is 1. The van der Waals surface area contributed by atoms with Crippen molar-refractivity contribution in [3.8, 4) is 5.75 Å². The van der Waals surface area contributed by atoms with E-state index in [0.717, 1.165) is 31.0 Å². The van der Waals surface area contributed by atoms with Gasteiger partial charge in [0.25, 0.3) is 0 Å². The van der Waals surface area contributed by atoms with Gasteiger partial charge in [-0.15, -0.1) is 5.10 Å². The summed E-state index contributed by atoms with van der Waals surface area (Å²) in [6.07, 6.45) is 2.17. The third-order valence-electron chi connectivity index (χ3n) is 4.58. The maximum atomic E-state index is 12.0. The van der Waals surface area contributed by atoms with Gasteiger partial charge in [0, 0.05) is 12.4 Å². The van der Waals surface area contributed by atoms with E-state index in [-0.39, 0.29) is 11.8 Å². The zero-order valence-electron chi connectivity index (χ0n) is 15.7. The molecule has 1 aliphatic rings. The quantitative estimate of drug-likeness (QED) is 0.564. The van der Waals surface area contributed by atoms with E-state index >= 15 is 0 Å². The summed E-state index contributed by atoms with van der Waals surface area (Å²) in [5, 5.41) is 7.35. The van der Waals surface area contributed by atoms with Gasteiger partial charge in [0.1, 0.15) is 5.75 Å². The van der Waals surface area contributed by atoms with Crippen molar-refractivity contribution in [3.63, 3.8) is 0 Å². The minimum absolute atomic E-state index is 0.114. The van der Waals surface area contributed by atoms with Gasteiger partial charge in [-0.25, -0.2) is 9.89 Å². The van der Waals surface area contributed by atoms with Gasteiger partial charge in [0.15, 0.2) is 5.16 Å². The van der Waals surface area contributed by atoms with Crippen molar-refractivity contribution in [2.45, 2.75) is 57.3 Å². The molecule has 2 aromatic rings. The third kappa shape index (κ3) is 4.71. The van der Waals surface area contributed by atoms with Gasteiger partial charge >= 0.3 is 5.69 Å². The average Bonchev–Trinajstić information content (AvgIpc) is 3.23. The van der Waals surface area contributed by atoms with E-state index in [9.17, 15) is 4.79 Å². The summed E-state index contributed by atoms with van der Waals surface area (Å²) in [4.78, 5) is 12.0. The first kappa shape index (κ1) is 19.0. The van der Waals surface area contributed by atoms with Crippen molar-refractivity contribution < 1.29 is 9.47 Å². The molecule has 1 fully saturated rings. The first-order valence-corrected chi connectivity index (χ1v) is 10.2. The second kappa shape index (κ2) is 8.77. The number of thioether (sulfide) groups is 1. The summed E-state index contributed by atoms with van der Waals surface area (Å²) in [7, 11) is 0. The second-order valence-electron chi connectivity index (χ2n) is 6.93. The number of ether oxygens (including phenoxy) is 2. The van der Waals surface area contributed by atoms with E-state index < -0.39 is 0 Å². The van der Waals surface area contributed by atoms with Gasteiger partial charge in [-0.3, -0.25) is 4.57 Å². The van der Waals surface area contributed by atoms with Crippen molar-refractivity contribution in [1.29, 1.82) is 0 Å². The number of H-pyrrole nitrogens is 1. The normalized spacial score (nSPS) is 17.2. The SMILES string of the molecule is Cc1cc(OCCSc2n[nH]c(=O)n2CC2CCCO2)ccc1C(C)C. The zero-order valence-corrected chi connectivity index (χ0v) is 16.5. The van der Waals surface area contributed by atoms with Gasteiger partial charge in [-0.05, 0) is 48.9 Å². The average molecular weight is 378 g/mol. The number of aromatic nitrogens is 3. The Labute approximate surface area is 158 Å². The topological polar surface area (TPSA) is 69.1 Å². The van der Waals surface area contributed by atoms with Crippen LogP contribution in [0.5, 0.6) is 5.75 Å². The lowest BCUT2D eigenvalue weighted by Crippen LogP contribution is -2.25. The second-order valence-corrected chi connectivity index (χ2v) is 7.99. The summed E-state index contributed by atoms with van der Waals surface area (Å²) in [6, 6.07) is 6.24. The Morgan fingerprint density at radius 2 is 2.31 bits per heavy atom.